The fraction of sp³-hybridized carbons (Fsp3) is 0.333. The van der Waals surface area contributed by atoms with E-state index in [1.54, 1.807) is 6.33 Å². The van der Waals surface area contributed by atoms with Gasteiger partial charge >= 0.3 is 0 Å². The molecule has 0 spiro atoms. The fourth-order valence-electron chi connectivity index (χ4n) is 1.95. The van der Waals surface area contributed by atoms with Gasteiger partial charge in [0.15, 0.2) is 0 Å². The van der Waals surface area contributed by atoms with E-state index in [-0.39, 0.29) is 0 Å². The number of nitrogens with one attached hydrogen (secondary N) is 2. The molecule has 0 aliphatic heterocycles. The zero-order valence-corrected chi connectivity index (χ0v) is 11.5. The normalized spacial score (nSPS) is 10.2. The molecule has 0 fully saturated rings. The average Bonchev–Trinajstić information content (AvgIpc) is 2.42. The summed E-state index contributed by atoms with van der Waals surface area (Å²) in [6.07, 6.45) is 2.57. The van der Waals surface area contributed by atoms with Crippen molar-refractivity contribution < 1.29 is 0 Å². The minimum Gasteiger partial charge on any atom is -0.370 e. The molecule has 0 unspecified atom stereocenters. The lowest BCUT2D eigenvalue weighted by Gasteiger charge is -2.09. The van der Waals surface area contributed by atoms with E-state index in [1.165, 1.54) is 11.1 Å². The van der Waals surface area contributed by atoms with Crippen molar-refractivity contribution in [3.05, 3.63) is 47.8 Å². The summed E-state index contributed by atoms with van der Waals surface area (Å²) in [7, 11) is 0. The van der Waals surface area contributed by atoms with Gasteiger partial charge in [0.2, 0.25) is 0 Å². The number of aryl methyl sites for hydroxylation is 1. The summed E-state index contributed by atoms with van der Waals surface area (Å²) in [6, 6.07) is 10.4. The second kappa shape index (κ2) is 6.73. The van der Waals surface area contributed by atoms with Crippen LogP contribution in [0.2, 0.25) is 0 Å². The maximum Gasteiger partial charge on any atom is 0.131 e. The second-order valence-electron chi connectivity index (χ2n) is 4.42. The summed E-state index contributed by atoms with van der Waals surface area (Å²) < 4.78 is 0. The Morgan fingerprint density at radius 2 is 1.79 bits per heavy atom. The summed E-state index contributed by atoms with van der Waals surface area (Å²) in [5.41, 5.74) is 2.70. The van der Waals surface area contributed by atoms with Crippen LogP contribution in [0.4, 0.5) is 11.6 Å². The molecular weight excluding hydrogens is 236 g/mol. The first-order chi connectivity index (χ1) is 9.29. The van der Waals surface area contributed by atoms with Crippen molar-refractivity contribution in [3.63, 3.8) is 0 Å². The third-order valence-electron chi connectivity index (χ3n) is 2.99. The Balaban J connectivity index is 1.89. The molecule has 1 aromatic heterocycles. The van der Waals surface area contributed by atoms with Gasteiger partial charge in [0, 0.05) is 19.2 Å². The first kappa shape index (κ1) is 13.3. The molecule has 0 saturated carbocycles. The standard InChI is InChI=1S/C15H20N4/c1-3-16-14-10-15(19-11-18-14)17-9-8-13-7-5-4-6-12(13)2/h4-7,10-11H,3,8-9H2,1-2H3,(H2,16,17,18,19). The zero-order valence-electron chi connectivity index (χ0n) is 11.5. The fourth-order valence-corrected chi connectivity index (χ4v) is 1.95. The van der Waals surface area contributed by atoms with Crippen molar-refractivity contribution in [3.8, 4) is 0 Å². The Hall–Kier alpha value is -2.10. The van der Waals surface area contributed by atoms with Crippen molar-refractivity contribution >= 4 is 11.6 Å². The van der Waals surface area contributed by atoms with E-state index < -0.39 is 0 Å². The van der Waals surface area contributed by atoms with Gasteiger partial charge < -0.3 is 10.6 Å². The van der Waals surface area contributed by atoms with Crippen molar-refractivity contribution in [2.75, 3.05) is 23.7 Å². The molecule has 4 nitrogen and oxygen atoms in total. The lowest BCUT2D eigenvalue weighted by atomic mass is 10.1. The van der Waals surface area contributed by atoms with Crippen LogP contribution in [0.5, 0.6) is 0 Å². The minimum atomic E-state index is 0.857. The Labute approximate surface area is 114 Å². The van der Waals surface area contributed by atoms with Gasteiger partial charge in [0.05, 0.1) is 0 Å². The summed E-state index contributed by atoms with van der Waals surface area (Å²) in [6.45, 7) is 5.92. The van der Waals surface area contributed by atoms with Crippen LogP contribution in [0, 0.1) is 6.92 Å². The predicted molar refractivity (Wildman–Crippen MR) is 79.6 cm³/mol. The Morgan fingerprint density at radius 1 is 1.05 bits per heavy atom. The van der Waals surface area contributed by atoms with Gasteiger partial charge in [-0.3, -0.25) is 0 Å². The molecule has 0 aliphatic carbocycles. The SMILES string of the molecule is CCNc1cc(NCCc2ccccc2C)ncn1. The highest BCUT2D eigenvalue weighted by Crippen LogP contribution is 2.10. The number of anilines is 2. The predicted octanol–water partition coefficient (Wildman–Crippen LogP) is 2.87. The highest BCUT2D eigenvalue weighted by atomic mass is 15.1. The molecule has 1 aromatic carbocycles. The van der Waals surface area contributed by atoms with E-state index in [4.69, 9.17) is 0 Å². The first-order valence-corrected chi connectivity index (χ1v) is 6.64. The molecule has 4 heteroatoms. The maximum absolute atomic E-state index is 4.21. The number of benzene rings is 1. The molecule has 0 bridgehead atoms. The van der Waals surface area contributed by atoms with E-state index >= 15 is 0 Å². The van der Waals surface area contributed by atoms with Crippen LogP contribution < -0.4 is 10.6 Å². The molecular formula is C15H20N4. The van der Waals surface area contributed by atoms with Gasteiger partial charge in [-0.1, -0.05) is 24.3 Å². The third-order valence-corrected chi connectivity index (χ3v) is 2.99. The molecule has 100 valence electrons. The van der Waals surface area contributed by atoms with Crippen molar-refractivity contribution in [1.29, 1.82) is 0 Å². The summed E-state index contributed by atoms with van der Waals surface area (Å²) in [5, 5.41) is 6.50. The quantitative estimate of drug-likeness (QED) is 0.834. The number of hydrogen-bond acceptors (Lipinski definition) is 4. The van der Waals surface area contributed by atoms with Gasteiger partial charge in [-0.15, -0.1) is 0 Å². The maximum atomic E-state index is 4.21. The lowest BCUT2D eigenvalue weighted by molar-refractivity contribution is 0.986. The van der Waals surface area contributed by atoms with Crippen molar-refractivity contribution in [2.45, 2.75) is 20.3 Å². The molecule has 19 heavy (non-hydrogen) atoms. The average molecular weight is 256 g/mol. The number of rotatable bonds is 6. The highest BCUT2D eigenvalue weighted by molar-refractivity contribution is 5.46. The van der Waals surface area contributed by atoms with Crippen LogP contribution in [-0.2, 0) is 6.42 Å². The van der Waals surface area contributed by atoms with Crippen LogP contribution in [0.25, 0.3) is 0 Å². The Morgan fingerprint density at radius 3 is 2.53 bits per heavy atom. The van der Waals surface area contributed by atoms with Crippen LogP contribution >= 0.6 is 0 Å². The highest BCUT2D eigenvalue weighted by Gasteiger charge is 1.99. The first-order valence-electron chi connectivity index (χ1n) is 6.64. The van der Waals surface area contributed by atoms with E-state index in [2.05, 4.69) is 51.8 Å². The Kier molecular flexibility index (Phi) is 4.72. The smallest absolute Gasteiger partial charge is 0.131 e. The molecule has 0 atom stereocenters. The molecule has 2 N–H and O–H groups in total. The van der Waals surface area contributed by atoms with Crippen LogP contribution in [-0.4, -0.2) is 23.1 Å². The van der Waals surface area contributed by atoms with Gasteiger partial charge in [0.25, 0.3) is 0 Å². The van der Waals surface area contributed by atoms with E-state index in [0.29, 0.717) is 0 Å². The molecule has 0 saturated heterocycles. The van der Waals surface area contributed by atoms with Gasteiger partial charge in [0.1, 0.15) is 18.0 Å². The lowest BCUT2D eigenvalue weighted by Crippen LogP contribution is -2.08. The van der Waals surface area contributed by atoms with Crippen molar-refractivity contribution in [1.82, 2.24) is 9.97 Å². The van der Waals surface area contributed by atoms with Crippen LogP contribution in [0.3, 0.4) is 0 Å². The van der Waals surface area contributed by atoms with Gasteiger partial charge in [-0.05, 0) is 31.4 Å². The number of hydrogen-bond donors (Lipinski definition) is 2. The van der Waals surface area contributed by atoms with Gasteiger partial charge in [-0.25, -0.2) is 9.97 Å². The largest absolute Gasteiger partial charge is 0.370 e. The summed E-state index contributed by atoms with van der Waals surface area (Å²) in [5.74, 6) is 1.72. The van der Waals surface area contributed by atoms with Gasteiger partial charge in [-0.2, -0.15) is 0 Å². The minimum absolute atomic E-state index is 0.857. The molecule has 2 rings (SSSR count). The second-order valence-corrected chi connectivity index (χ2v) is 4.42. The summed E-state index contributed by atoms with van der Waals surface area (Å²) >= 11 is 0. The van der Waals surface area contributed by atoms with E-state index in [9.17, 15) is 0 Å². The monoisotopic (exact) mass is 256 g/mol. The number of nitrogens with zero attached hydrogens (tertiary/aromatic N) is 2. The van der Waals surface area contributed by atoms with Crippen molar-refractivity contribution in [2.24, 2.45) is 0 Å². The van der Waals surface area contributed by atoms with Crippen LogP contribution in [0.15, 0.2) is 36.7 Å². The zero-order chi connectivity index (χ0) is 13.5. The number of aromatic nitrogens is 2. The van der Waals surface area contributed by atoms with Crippen LogP contribution in [0.1, 0.15) is 18.1 Å². The molecule has 0 aliphatic rings. The summed E-state index contributed by atoms with van der Waals surface area (Å²) in [4.78, 5) is 8.36. The molecule has 1 heterocycles. The molecule has 0 amide bonds. The van der Waals surface area contributed by atoms with E-state index in [1.807, 2.05) is 13.0 Å². The Bertz CT molecular complexity index is 525. The third kappa shape index (κ3) is 3.95. The molecule has 2 aromatic rings. The molecule has 0 radical (unpaired) electrons. The topological polar surface area (TPSA) is 49.8 Å². The van der Waals surface area contributed by atoms with E-state index in [0.717, 1.165) is 31.1 Å².